The highest BCUT2D eigenvalue weighted by atomic mass is 79.9. The lowest BCUT2D eigenvalue weighted by atomic mass is 10.2. The lowest BCUT2D eigenvalue weighted by Crippen LogP contribution is -2.00. The second-order valence-corrected chi connectivity index (χ2v) is 4.70. The molecule has 0 aliphatic carbocycles. The number of methoxy groups -OCH3 is 1. The van der Waals surface area contributed by atoms with Crippen LogP contribution in [0.4, 0.5) is 0 Å². The maximum atomic E-state index is 5.87. The van der Waals surface area contributed by atoms with Gasteiger partial charge in [0.2, 0.25) is 5.75 Å². The average Bonchev–Trinajstić information content (AvgIpc) is 2.36. The molecular weight excluding hydrogens is 320 g/mol. The monoisotopic (exact) mass is 328 g/mol. The van der Waals surface area contributed by atoms with Crippen LogP contribution in [0.2, 0.25) is 5.15 Å². The van der Waals surface area contributed by atoms with Gasteiger partial charge >= 0.3 is 0 Å². The van der Waals surface area contributed by atoms with Crippen molar-refractivity contribution in [1.29, 1.82) is 0 Å². The van der Waals surface area contributed by atoms with E-state index in [0.717, 1.165) is 10.0 Å². The Bertz CT molecular complexity index is 551. The Kier molecular flexibility index (Phi) is 4.38. The molecule has 0 atom stereocenters. The maximum absolute atomic E-state index is 5.87. The van der Waals surface area contributed by atoms with Crippen molar-refractivity contribution < 1.29 is 9.47 Å². The number of ether oxygens (including phenoxy) is 2. The summed E-state index contributed by atoms with van der Waals surface area (Å²) in [6.07, 6.45) is 1.33. The molecule has 0 unspecified atom stereocenters. The minimum absolute atomic E-state index is 0.233. The van der Waals surface area contributed by atoms with Gasteiger partial charge in [0.15, 0.2) is 5.15 Å². The van der Waals surface area contributed by atoms with Gasteiger partial charge in [-0.2, -0.15) is 4.98 Å². The molecule has 1 aromatic heterocycles. The molecule has 6 heteroatoms. The van der Waals surface area contributed by atoms with Gasteiger partial charge in [-0.25, -0.2) is 4.98 Å². The van der Waals surface area contributed by atoms with Gasteiger partial charge in [-0.1, -0.05) is 39.7 Å². The summed E-state index contributed by atoms with van der Waals surface area (Å²) in [5.74, 6) is 0.673. The predicted molar refractivity (Wildman–Crippen MR) is 72.1 cm³/mol. The Morgan fingerprint density at radius 2 is 2.17 bits per heavy atom. The molecular formula is C12H10BrClN2O2. The maximum Gasteiger partial charge on any atom is 0.262 e. The van der Waals surface area contributed by atoms with Crippen LogP contribution in [0.5, 0.6) is 11.6 Å². The van der Waals surface area contributed by atoms with Crippen LogP contribution in [0.25, 0.3) is 0 Å². The van der Waals surface area contributed by atoms with Crippen molar-refractivity contribution in [2.24, 2.45) is 0 Å². The summed E-state index contributed by atoms with van der Waals surface area (Å²) in [6.45, 7) is 0.378. The summed E-state index contributed by atoms with van der Waals surface area (Å²) in [5, 5.41) is 0.233. The van der Waals surface area contributed by atoms with Gasteiger partial charge in [0.1, 0.15) is 12.9 Å². The molecule has 0 saturated heterocycles. The number of aromatic nitrogens is 2. The molecule has 18 heavy (non-hydrogen) atoms. The number of hydrogen-bond acceptors (Lipinski definition) is 4. The third-order valence-corrected chi connectivity index (χ3v) is 2.96. The van der Waals surface area contributed by atoms with E-state index in [4.69, 9.17) is 21.1 Å². The molecule has 0 saturated carbocycles. The number of nitrogens with zero attached hydrogens (tertiary/aromatic N) is 2. The number of halogens is 2. The van der Waals surface area contributed by atoms with Gasteiger partial charge in [-0.05, 0) is 17.7 Å². The van der Waals surface area contributed by atoms with E-state index >= 15 is 0 Å². The van der Waals surface area contributed by atoms with Crippen molar-refractivity contribution in [2.75, 3.05) is 7.11 Å². The fourth-order valence-corrected chi connectivity index (χ4v) is 2.04. The van der Waals surface area contributed by atoms with E-state index in [1.54, 1.807) is 0 Å². The van der Waals surface area contributed by atoms with Crippen molar-refractivity contribution >= 4 is 27.5 Å². The molecule has 0 bridgehead atoms. The molecule has 1 heterocycles. The van der Waals surface area contributed by atoms with Crippen molar-refractivity contribution in [3.63, 3.8) is 0 Å². The first-order valence-corrected chi connectivity index (χ1v) is 6.29. The average molecular weight is 330 g/mol. The van der Waals surface area contributed by atoms with E-state index in [1.165, 1.54) is 13.4 Å². The molecule has 0 N–H and O–H groups in total. The largest absolute Gasteiger partial charge is 0.489 e. The van der Waals surface area contributed by atoms with Crippen LogP contribution < -0.4 is 9.47 Å². The first-order valence-electron chi connectivity index (χ1n) is 5.12. The lowest BCUT2D eigenvalue weighted by Gasteiger charge is -2.09. The molecule has 4 nitrogen and oxygen atoms in total. The quantitative estimate of drug-likeness (QED) is 0.806. The van der Waals surface area contributed by atoms with Gasteiger partial charge in [0, 0.05) is 4.47 Å². The highest BCUT2D eigenvalue weighted by molar-refractivity contribution is 9.10. The highest BCUT2D eigenvalue weighted by Crippen LogP contribution is 2.30. The van der Waals surface area contributed by atoms with E-state index in [1.807, 2.05) is 24.3 Å². The zero-order valence-corrected chi connectivity index (χ0v) is 11.9. The summed E-state index contributed by atoms with van der Waals surface area (Å²) in [5.41, 5.74) is 1.01. The van der Waals surface area contributed by atoms with Crippen LogP contribution in [0.3, 0.4) is 0 Å². The normalized spacial score (nSPS) is 10.2. The molecule has 94 valence electrons. The number of hydrogen-bond donors (Lipinski definition) is 0. The third kappa shape index (κ3) is 3.11. The van der Waals surface area contributed by atoms with Gasteiger partial charge in [-0.15, -0.1) is 0 Å². The third-order valence-electron chi connectivity index (χ3n) is 2.20. The smallest absolute Gasteiger partial charge is 0.262 e. The zero-order chi connectivity index (χ0) is 13.0. The fraction of sp³-hybridized carbons (Fsp3) is 0.167. The molecule has 0 fully saturated rings. The van der Waals surface area contributed by atoms with Crippen LogP contribution in [-0.2, 0) is 6.61 Å². The number of benzene rings is 1. The zero-order valence-electron chi connectivity index (χ0n) is 9.56. The minimum atomic E-state index is 0.233. The van der Waals surface area contributed by atoms with Crippen LogP contribution in [0, 0.1) is 0 Å². The Hall–Kier alpha value is -1.33. The van der Waals surface area contributed by atoms with E-state index in [2.05, 4.69) is 25.9 Å². The first kappa shape index (κ1) is 13.1. The van der Waals surface area contributed by atoms with Crippen LogP contribution in [0.1, 0.15) is 5.56 Å². The Morgan fingerprint density at radius 1 is 1.33 bits per heavy atom. The highest BCUT2D eigenvalue weighted by Gasteiger charge is 2.11. The topological polar surface area (TPSA) is 44.2 Å². The molecule has 0 radical (unpaired) electrons. The van der Waals surface area contributed by atoms with Gasteiger partial charge in [0.25, 0.3) is 5.88 Å². The van der Waals surface area contributed by atoms with E-state index < -0.39 is 0 Å². The van der Waals surface area contributed by atoms with Crippen molar-refractivity contribution in [3.05, 3.63) is 45.8 Å². The van der Waals surface area contributed by atoms with Crippen molar-refractivity contribution in [2.45, 2.75) is 6.61 Å². The summed E-state index contributed by atoms with van der Waals surface area (Å²) in [7, 11) is 1.50. The molecule has 0 spiro atoms. The SMILES string of the molecule is COc1c(Cl)ncnc1OCc1cccc(Br)c1. The second-order valence-electron chi connectivity index (χ2n) is 3.42. The van der Waals surface area contributed by atoms with E-state index in [0.29, 0.717) is 18.2 Å². The summed E-state index contributed by atoms with van der Waals surface area (Å²) >= 11 is 9.27. The summed E-state index contributed by atoms with van der Waals surface area (Å²) < 4.78 is 11.7. The van der Waals surface area contributed by atoms with Gasteiger partial charge in [-0.3, -0.25) is 0 Å². The fourth-order valence-electron chi connectivity index (χ4n) is 1.39. The van der Waals surface area contributed by atoms with Crippen LogP contribution >= 0.6 is 27.5 Å². The van der Waals surface area contributed by atoms with Crippen LogP contribution in [0.15, 0.2) is 35.1 Å². The summed E-state index contributed by atoms with van der Waals surface area (Å²) in [4.78, 5) is 7.81. The van der Waals surface area contributed by atoms with Gasteiger partial charge in [0.05, 0.1) is 7.11 Å². The molecule has 0 aliphatic rings. The molecule has 2 rings (SSSR count). The van der Waals surface area contributed by atoms with E-state index in [9.17, 15) is 0 Å². The Labute approximate surface area is 118 Å². The molecule has 0 amide bonds. The first-order chi connectivity index (χ1) is 8.70. The second kappa shape index (κ2) is 6.02. The van der Waals surface area contributed by atoms with Crippen molar-refractivity contribution in [1.82, 2.24) is 9.97 Å². The Morgan fingerprint density at radius 3 is 2.89 bits per heavy atom. The minimum Gasteiger partial charge on any atom is -0.489 e. The van der Waals surface area contributed by atoms with E-state index in [-0.39, 0.29) is 5.15 Å². The van der Waals surface area contributed by atoms with Crippen molar-refractivity contribution in [3.8, 4) is 11.6 Å². The number of rotatable bonds is 4. The molecule has 0 aliphatic heterocycles. The summed E-state index contributed by atoms with van der Waals surface area (Å²) in [6, 6.07) is 7.81. The standard InChI is InChI=1S/C12H10BrClN2O2/c1-17-10-11(14)15-7-16-12(10)18-6-8-3-2-4-9(13)5-8/h2-5,7H,6H2,1H3. The van der Waals surface area contributed by atoms with Crippen LogP contribution in [-0.4, -0.2) is 17.1 Å². The Balaban J connectivity index is 2.13. The molecule has 2 aromatic rings. The lowest BCUT2D eigenvalue weighted by molar-refractivity contribution is 0.271. The van der Waals surface area contributed by atoms with Gasteiger partial charge < -0.3 is 9.47 Å². The predicted octanol–water partition coefficient (Wildman–Crippen LogP) is 3.48. The molecule has 1 aromatic carbocycles.